The second-order valence-corrected chi connectivity index (χ2v) is 4.50. The molecule has 0 saturated heterocycles. The normalized spacial score (nSPS) is 25.9. The summed E-state index contributed by atoms with van der Waals surface area (Å²) in [5, 5.41) is 31.9. The second-order valence-electron chi connectivity index (χ2n) is 4.50. The van der Waals surface area contributed by atoms with Crippen LogP contribution in [-0.2, 0) is 4.79 Å². The molecule has 1 aliphatic rings. The maximum absolute atomic E-state index is 11.5. The van der Waals surface area contributed by atoms with Crippen molar-refractivity contribution >= 4 is 12.0 Å². The summed E-state index contributed by atoms with van der Waals surface area (Å²) in [4.78, 5) is 22.2. The van der Waals surface area contributed by atoms with Gasteiger partial charge in [0, 0.05) is 0 Å². The first-order chi connectivity index (χ1) is 8.54. The van der Waals surface area contributed by atoms with Crippen LogP contribution in [0.3, 0.4) is 0 Å². The van der Waals surface area contributed by atoms with Crippen LogP contribution in [0.4, 0.5) is 4.79 Å². The van der Waals surface area contributed by atoms with Gasteiger partial charge < -0.3 is 26.0 Å². The van der Waals surface area contributed by atoms with Gasteiger partial charge in [-0.05, 0) is 12.8 Å². The third-order valence-electron chi connectivity index (χ3n) is 3.08. The first-order valence-electron chi connectivity index (χ1n) is 6.13. The van der Waals surface area contributed by atoms with Gasteiger partial charge in [-0.2, -0.15) is 0 Å². The number of carbonyl (C=O) groups excluding carboxylic acids is 1. The maximum atomic E-state index is 11.5. The van der Waals surface area contributed by atoms with Gasteiger partial charge in [-0.3, -0.25) is 0 Å². The van der Waals surface area contributed by atoms with Crippen LogP contribution < -0.4 is 10.6 Å². The van der Waals surface area contributed by atoms with E-state index in [1.807, 2.05) is 0 Å². The number of carbonyl (C=O) groups is 2. The van der Waals surface area contributed by atoms with Gasteiger partial charge in [0.25, 0.3) is 0 Å². The van der Waals surface area contributed by atoms with E-state index in [0.29, 0.717) is 12.8 Å². The lowest BCUT2D eigenvalue weighted by molar-refractivity contribution is -0.140. The Morgan fingerprint density at radius 2 is 1.89 bits per heavy atom. The van der Waals surface area contributed by atoms with Crippen molar-refractivity contribution in [3.8, 4) is 0 Å². The zero-order valence-corrected chi connectivity index (χ0v) is 10.1. The molecule has 1 aliphatic carbocycles. The molecular weight excluding hydrogens is 240 g/mol. The average Bonchev–Trinajstić information content (AvgIpc) is 2.51. The Balaban J connectivity index is 2.44. The van der Waals surface area contributed by atoms with Gasteiger partial charge in [0.15, 0.2) is 6.04 Å². The van der Waals surface area contributed by atoms with Crippen molar-refractivity contribution in [2.24, 2.45) is 0 Å². The van der Waals surface area contributed by atoms with Gasteiger partial charge in [-0.25, -0.2) is 9.59 Å². The molecule has 3 atom stereocenters. The topological polar surface area (TPSA) is 119 Å². The summed E-state index contributed by atoms with van der Waals surface area (Å²) < 4.78 is 0. The minimum Gasteiger partial charge on any atom is -0.480 e. The van der Waals surface area contributed by atoms with Gasteiger partial charge >= 0.3 is 12.0 Å². The Labute approximate surface area is 105 Å². The molecule has 1 saturated carbocycles. The van der Waals surface area contributed by atoms with E-state index < -0.39 is 30.8 Å². The van der Waals surface area contributed by atoms with Crippen LogP contribution >= 0.6 is 0 Å². The molecule has 18 heavy (non-hydrogen) atoms. The highest BCUT2D eigenvalue weighted by Crippen LogP contribution is 2.17. The average molecular weight is 260 g/mol. The van der Waals surface area contributed by atoms with E-state index in [1.54, 1.807) is 0 Å². The lowest BCUT2D eigenvalue weighted by Crippen LogP contribution is -2.52. The van der Waals surface area contributed by atoms with Crippen LogP contribution in [0.15, 0.2) is 0 Å². The third kappa shape index (κ3) is 4.50. The highest BCUT2D eigenvalue weighted by Gasteiger charge is 2.25. The predicted octanol–water partition coefficient (Wildman–Crippen LogP) is -0.575. The Hall–Kier alpha value is -1.34. The van der Waals surface area contributed by atoms with E-state index in [0.717, 1.165) is 19.3 Å². The highest BCUT2D eigenvalue weighted by molar-refractivity contribution is 5.82. The predicted molar refractivity (Wildman–Crippen MR) is 63.1 cm³/mol. The molecule has 2 unspecified atom stereocenters. The zero-order valence-electron chi connectivity index (χ0n) is 10.1. The molecule has 104 valence electrons. The summed E-state index contributed by atoms with van der Waals surface area (Å²) in [6.07, 6.45) is 3.57. The summed E-state index contributed by atoms with van der Waals surface area (Å²) in [5.74, 6) is -1.30. The number of aliphatic hydroxyl groups excluding tert-OH is 2. The Morgan fingerprint density at radius 3 is 2.50 bits per heavy atom. The maximum Gasteiger partial charge on any atom is 0.328 e. The lowest BCUT2D eigenvalue weighted by Gasteiger charge is -2.23. The van der Waals surface area contributed by atoms with Crippen molar-refractivity contribution in [3.05, 3.63) is 0 Å². The number of urea groups is 1. The molecule has 7 nitrogen and oxygen atoms in total. The van der Waals surface area contributed by atoms with E-state index in [-0.39, 0.29) is 6.04 Å². The number of rotatable bonds is 4. The van der Waals surface area contributed by atoms with Crippen LogP contribution in [0.1, 0.15) is 32.1 Å². The van der Waals surface area contributed by atoms with Crippen LogP contribution in [0.5, 0.6) is 0 Å². The number of carboxylic acids is 1. The third-order valence-corrected chi connectivity index (χ3v) is 3.08. The summed E-state index contributed by atoms with van der Waals surface area (Å²) >= 11 is 0. The molecule has 7 heteroatoms. The van der Waals surface area contributed by atoms with E-state index in [2.05, 4.69) is 10.6 Å². The largest absolute Gasteiger partial charge is 0.480 e. The standard InChI is InChI=1S/C11H20N2O5/c14-6-8(10(16)17)13-11(18)12-7-4-2-1-3-5-9(7)15/h7-9,14-15H,1-6H2,(H,16,17)(H2,12,13,18)/t7?,8-,9?/m0/s1. The molecule has 0 spiro atoms. The van der Waals surface area contributed by atoms with Gasteiger partial charge in [0.1, 0.15) is 0 Å². The first kappa shape index (κ1) is 14.7. The molecule has 1 rings (SSSR count). The quantitative estimate of drug-likeness (QED) is 0.433. The fraction of sp³-hybridized carbons (Fsp3) is 0.818. The number of amides is 2. The molecule has 0 aromatic carbocycles. The minimum absolute atomic E-state index is 0.361. The van der Waals surface area contributed by atoms with Crippen molar-refractivity contribution in [2.75, 3.05) is 6.61 Å². The van der Waals surface area contributed by atoms with Crippen molar-refractivity contribution < 1.29 is 24.9 Å². The van der Waals surface area contributed by atoms with Gasteiger partial charge in [-0.15, -0.1) is 0 Å². The van der Waals surface area contributed by atoms with Crippen LogP contribution in [0, 0.1) is 0 Å². The van der Waals surface area contributed by atoms with Crippen LogP contribution in [0.2, 0.25) is 0 Å². The Bertz CT molecular complexity index is 297. The van der Waals surface area contributed by atoms with E-state index in [9.17, 15) is 14.7 Å². The number of aliphatic hydroxyl groups is 2. The molecule has 0 aromatic heterocycles. The smallest absolute Gasteiger partial charge is 0.328 e. The number of aliphatic carboxylic acids is 1. The van der Waals surface area contributed by atoms with Gasteiger partial charge in [0.05, 0.1) is 18.8 Å². The van der Waals surface area contributed by atoms with Crippen LogP contribution in [0.25, 0.3) is 0 Å². The summed E-state index contributed by atoms with van der Waals surface area (Å²) in [6, 6.07) is -2.36. The van der Waals surface area contributed by atoms with E-state index in [1.165, 1.54) is 0 Å². The van der Waals surface area contributed by atoms with E-state index >= 15 is 0 Å². The molecule has 0 aliphatic heterocycles. The summed E-state index contributed by atoms with van der Waals surface area (Å²) in [5.41, 5.74) is 0. The SMILES string of the molecule is O=C(NC1CCCCCC1O)N[C@@H](CO)C(=O)O. The zero-order chi connectivity index (χ0) is 13.5. The summed E-state index contributed by atoms with van der Waals surface area (Å²) in [7, 11) is 0. The lowest BCUT2D eigenvalue weighted by atomic mass is 10.1. The highest BCUT2D eigenvalue weighted by atomic mass is 16.4. The van der Waals surface area contributed by atoms with Crippen LogP contribution in [-0.4, -0.2) is 52.1 Å². The number of carboxylic acid groups (broad SMARTS) is 1. The fourth-order valence-corrected chi connectivity index (χ4v) is 2.01. The Kier molecular flexibility index (Phi) is 5.87. The molecular formula is C11H20N2O5. The number of hydrogen-bond acceptors (Lipinski definition) is 4. The fourth-order valence-electron chi connectivity index (χ4n) is 2.01. The van der Waals surface area contributed by atoms with Gasteiger partial charge in [-0.1, -0.05) is 19.3 Å². The van der Waals surface area contributed by atoms with Crippen molar-refractivity contribution in [1.82, 2.24) is 10.6 Å². The van der Waals surface area contributed by atoms with E-state index in [4.69, 9.17) is 10.2 Å². The monoisotopic (exact) mass is 260 g/mol. The number of nitrogens with one attached hydrogen (secondary N) is 2. The minimum atomic E-state index is -1.33. The van der Waals surface area contributed by atoms with Gasteiger partial charge in [0.2, 0.25) is 0 Å². The summed E-state index contributed by atoms with van der Waals surface area (Å²) in [6.45, 7) is -0.671. The Morgan fingerprint density at radius 1 is 1.22 bits per heavy atom. The number of hydrogen-bond donors (Lipinski definition) is 5. The molecule has 0 radical (unpaired) electrons. The van der Waals surface area contributed by atoms with Crippen molar-refractivity contribution in [2.45, 2.75) is 50.3 Å². The molecule has 1 fully saturated rings. The molecule has 2 amide bonds. The first-order valence-corrected chi connectivity index (χ1v) is 6.13. The van der Waals surface area contributed by atoms with Crippen molar-refractivity contribution in [1.29, 1.82) is 0 Å². The molecule has 5 N–H and O–H groups in total. The van der Waals surface area contributed by atoms with Crippen molar-refractivity contribution in [3.63, 3.8) is 0 Å². The second kappa shape index (κ2) is 7.17. The molecule has 0 heterocycles. The molecule has 0 bridgehead atoms. The molecule has 0 aromatic rings.